The lowest BCUT2D eigenvalue weighted by Crippen LogP contribution is -2.31. The van der Waals surface area contributed by atoms with E-state index in [2.05, 4.69) is 4.98 Å². The van der Waals surface area contributed by atoms with Gasteiger partial charge in [-0.05, 0) is 29.8 Å². The number of nitrogens with zero attached hydrogens (tertiary/aromatic N) is 2. The SMILES string of the molecule is O=C(c1cc(F)c(F)c(F)c1F)N(Cc1cccnc1)Cc1ccco1. The number of carbonyl (C=O) groups is 1. The Morgan fingerprint density at radius 3 is 2.50 bits per heavy atom. The molecule has 0 aliphatic rings. The lowest BCUT2D eigenvalue weighted by molar-refractivity contribution is 0.0710. The van der Waals surface area contributed by atoms with Crippen LogP contribution in [0.5, 0.6) is 0 Å². The topological polar surface area (TPSA) is 46.3 Å². The largest absolute Gasteiger partial charge is 0.467 e. The normalized spacial score (nSPS) is 10.8. The third-order valence-electron chi connectivity index (χ3n) is 3.64. The Kier molecular flexibility index (Phi) is 5.01. The Bertz CT molecular complexity index is 915. The van der Waals surface area contributed by atoms with E-state index in [9.17, 15) is 22.4 Å². The van der Waals surface area contributed by atoms with Crippen LogP contribution in [0.1, 0.15) is 21.7 Å². The van der Waals surface area contributed by atoms with Crippen molar-refractivity contribution < 1.29 is 26.8 Å². The molecule has 0 aliphatic heterocycles. The molecule has 0 bridgehead atoms. The zero-order valence-corrected chi connectivity index (χ0v) is 13.3. The van der Waals surface area contributed by atoms with Crippen molar-refractivity contribution in [2.45, 2.75) is 13.1 Å². The number of furan rings is 1. The van der Waals surface area contributed by atoms with Crippen molar-refractivity contribution in [3.05, 3.63) is 89.1 Å². The third-order valence-corrected chi connectivity index (χ3v) is 3.64. The highest BCUT2D eigenvalue weighted by Crippen LogP contribution is 2.22. The molecule has 2 heterocycles. The number of hydrogen-bond donors (Lipinski definition) is 0. The van der Waals surface area contributed by atoms with Crippen LogP contribution in [0.2, 0.25) is 0 Å². The van der Waals surface area contributed by atoms with Crippen molar-refractivity contribution in [3.8, 4) is 0 Å². The first-order valence-electron chi connectivity index (χ1n) is 7.51. The first kappa shape index (κ1) is 17.7. The van der Waals surface area contributed by atoms with Gasteiger partial charge < -0.3 is 9.32 Å². The maximum atomic E-state index is 14.0. The first-order valence-corrected chi connectivity index (χ1v) is 7.51. The summed E-state index contributed by atoms with van der Waals surface area (Å²) < 4.78 is 59.3. The van der Waals surface area contributed by atoms with Gasteiger partial charge in [0.1, 0.15) is 5.76 Å². The van der Waals surface area contributed by atoms with Gasteiger partial charge in [0.25, 0.3) is 5.91 Å². The molecular formula is C18H12F4N2O2. The first-order chi connectivity index (χ1) is 12.5. The van der Waals surface area contributed by atoms with Crippen LogP contribution in [0.15, 0.2) is 53.4 Å². The highest BCUT2D eigenvalue weighted by molar-refractivity contribution is 5.94. The molecule has 0 aliphatic carbocycles. The number of hydrogen-bond acceptors (Lipinski definition) is 3. The van der Waals surface area contributed by atoms with Crippen molar-refractivity contribution >= 4 is 5.91 Å². The maximum absolute atomic E-state index is 14.0. The Morgan fingerprint density at radius 1 is 1.04 bits per heavy atom. The number of benzene rings is 1. The number of carbonyl (C=O) groups excluding carboxylic acids is 1. The number of halogens is 4. The third kappa shape index (κ3) is 3.58. The van der Waals surface area contributed by atoms with Gasteiger partial charge in [-0.2, -0.15) is 0 Å². The van der Waals surface area contributed by atoms with Gasteiger partial charge in [0.05, 0.1) is 18.4 Å². The fourth-order valence-corrected chi connectivity index (χ4v) is 2.40. The van der Waals surface area contributed by atoms with E-state index in [0.717, 1.165) is 4.90 Å². The molecule has 3 rings (SSSR count). The van der Waals surface area contributed by atoms with Gasteiger partial charge in [-0.15, -0.1) is 0 Å². The molecule has 0 saturated carbocycles. The van der Waals surface area contributed by atoms with Crippen molar-refractivity contribution in [2.75, 3.05) is 0 Å². The number of aromatic nitrogens is 1. The van der Waals surface area contributed by atoms with Gasteiger partial charge in [0.2, 0.25) is 0 Å². The summed E-state index contributed by atoms with van der Waals surface area (Å²) in [6.07, 6.45) is 4.41. The van der Waals surface area contributed by atoms with E-state index in [-0.39, 0.29) is 13.1 Å². The smallest absolute Gasteiger partial charge is 0.257 e. The molecule has 2 aromatic heterocycles. The lowest BCUT2D eigenvalue weighted by atomic mass is 10.1. The molecule has 4 nitrogen and oxygen atoms in total. The number of pyridine rings is 1. The van der Waals surface area contributed by atoms with E-state index in [1.165, 1.54) is 18.7 Å². The van der Waals surface area contributed by atoms with Crippen LogP contribution in [0.4, 0.5) is 17.6 Å². The van der Waals surface area contributed by atoms with E-state index in [1.54, 1.807) is 24.3 Å². The average molecular weight is 364 g/mol. The fraction of sp³-hybridized carbons (Fsp3) is 0.111. The van der Waals surface area contributed by atoms with Crippen molar-refractivity contribution in [3.63, 3.8) is 0 Å². The zero-order valence-electron chi connectivity index (χ0n) is 13.3. The highest BCUT2D eigenvalue weighted by atomic mass is 19.2. The molecule has 1 aromatic carbocycles. The van der Waals surface area contributed by atoms with Crippen molar-refractivity contribution in [1.29, 1.82) is 0 Å². The number of rotatable bonds is 5. The molecule has 0 N–H and O–H groups in total. The Hall–Kier alpha value is -3.16. The molecule has 26 heavy (non-hydrogen) atoms. The minimum absolute atomic E-state index is 0.0204. The van der Waals surface area contributed by atoms with Gasteiger partial charge in [-0.3, -0.25) is 9.78 Å². The van der Waals surface area contributed by atoms with Crippen LogP contribution < -0.4 is 0 Å². The van der Waals surface area contributed by atoms with Crippen molar-refractivity contribution in [2.24, 2.45) is 0 Å². The molecule has 3 aromatic rings. The van der Waals surface area contributed by atoms with Gasteiger partial charge in [-0.1, -0.05) is 6.07 Å². The monoisotopic (exact) mass is 364 g/mol. The summed E-state index contributed by atoms with van der Waals surface area (Å²) in [5.74, 6) is -8.03. The van der Waals surface area contributed by atoms with Crippen LogP contribution in [-0.4, -0.2) is 15.8 Å². The van der Waals surface area contributed by atoms with Gasteiger partial charge in [0, 0.05) is 18.9 Å². The second-order valence-electron chi connectivity index (χ2n) is 5.45. The van der Waals surface area contributed by atoms with Gasteiger partial charge in [-0.25, -0.2) is 17.6 Å². The summed E-state index contributed by atoms with van der Waals surface area (Å²) >= 11 is 0. The molecule has 0 saturated heterocycles. The van der Waals surface area contributed by atoms with E-state index < -0.39 is 34.7 Å². The van der Waals surface area contributed by atoms with Crippen LogP contribution in [0, 0.1) is 23.3 Å². The highest BCUT2D eigenvalue weighted by Gasteiger charge is 2.27. The molecule has 0 fully saturated rings. The van der Waals surface area contributed by atoms with E-state index >= 15 is 0 Å². The summed E-state index contributed by atoms with van der Waals surface area (Å²) in [5.41, 5.74) is -0.298. The Balaban J connectivity index is 1.97. The summed E-state index contributed by atoms with van der Waals surface area (Å²) in [6.45, 7) is -0.103. The summed E-state index contributed by atoms with van der Waals surface area (Å²) in [5, 5.41) is 0. The second kappa shape index (κ2) is 7.38. The molecular weight excluding hydrogens is 352 g/mol. The average Bonchev–Trinajstić information content (AvgIpc) is 3.16. The summed E-state index contributed by atoms with van der Waals surface area (Å²) in [7, 11) is 0. The minimum atomic E-state index is -2.03. The molecule has 1 amide bonds. The summed E-state index contributed by atoms with van der Waals surface area (Å²) in [4.78, 5) is 17.7. The van der Waals surface area contributed by atoms with Gasteiger partial charge in [0.15, 0.2) is 23.3 Å². The standard InChI is InChI=1S/C18H12F4N2O2/c19-14-7-13(15(20)17(22)16(14)21)18(25)24(10-12-4-2-6-26-12)9-11-3-1-5-23-8-11/h1-8H,9-10H2. The van der Waals surface area contributed by atoms with Crippen LogP contribution in [0.25, 0.3) is 0 Å². The molecule has 0 unspecified atom stereocenters. The Labute approximate surface area is 145 Å². The Morgan fingerprint density at radius 2 is 1.85 bits per heavy atom. The summed E-state index contributed by atoms with van der Waals surface area (Å²) in [6, 6.07) is 6.85. The van der Waals surface area contributed by atoms with Gasteiger partial charge >= 0.3 is 0 Å². The minimum Gasteiger partial charge on any atom is -0.467 e. The van der Waals surface area contributed by atoms with E-state index in [0.29, 0.717) is 17.4 Å². The molecule has 0 spiro atoms. The van der Waals surface area contributed by atoms with Crippen LogP contribution in [-0.2, 0) is 13.1 Å². The lowest BCUT2D eigenvalue weighted by Gasteiger charge is -2.22. The zero-order chi connectivity index (χ0) is 18.7. The second-order valence-corrected chi connectivity index (χ2v) is 5.45. The van der Waals surface area contributed by atoms with Crippen molar-refractivity contribution in [1.82, 2.24) is 9.88 Å². The predicted molar refractivity (Wildman–Crippen MR) is 82.8 cm³/mol. The maximum Gasteiger partial charge on any atom is 0.257 e. The fourth-order valence-electron chi connectivity index (χ4n) is 2.40. The predicted octanol–water partition coefficient (Wildman–Crippen LogP) is 4.07. The van der Waals surface area contributed by atoms with E-state index in [4.69, 9.17) is 4.42 Å². The quantitative estimate of drug-likeness (QED) is 0.389. The van der Waals surface area contributed by atoms with E-state index in [1.807, 2.05) is 0 Å². The molecule has 0 radical (unpaired) electrons. The number of amides is 1. The van der Waals surface area contributed by atoms with Crippen LogP contribution in [0.3, 0.4) is 0 Å². The molecule has 134 valence electrons. The van der Waals surface area contributed by atoms with Crippen LogP contribution >= 0.6 is 0 Å². The molecule has 8 heteroatoms. The molecule has 0 atom stereocenters.